The van der Waals surface area contributed by atoms with E-state index in [0.29, 0.717) is 24.6 Å². The van der Waals surface area contributed by atoms with Crippen molar-refractivity contribution in [2.24, 2.45) is 0 Å². The van der Waals surface area contributed by atoms with Crippen LogP contribution in [0.5, 0.6) is 0 Å². The van der Waals surface area contributed by atoms with Crippen LogP contribution < -0.4 is 11.0 Å². The number of carbonyl (C=O) groups excluding carboxylic acids is 1. The lowest BCUT2D eigenvalue weighted by atomic mass is 10.3. The number of nitrogens with one attached hydrogen (secondary N) is 1. The molecule has 3 aromatic heterocycles. The lowest BCUT2D eigenvalue weighted by Crippen LogP contribution is -2.26. The summed E-state index contributed by atoms with van der Waals surface area (Å²) in [5, 5.41) is 7.27. The van der Waals surface area contributed by atoms with Gasteiger partial charge in [0, 0.05) is 25.2 Å². The Kier molecular flexibility index (Phi) is 5.70. The van der Waals surface area contributed by atoms with Crippen molar-refractivity contribution in [3.63, 3.8) is 0 Å². The second-order valence-electron chi connectivity index (χ2n) is 7.62. The van der Waals surface area contributed by atoms with Gasteiger partial charge in [0.05, 0.1) is 28.6 Å². The Hall–Kier alpha value is -3.68. The summed E-state index contributed by atoms with van der Waals surface area (Å²) in [5.74, 6) is 0.527. The molecule has 31 heavy (non-hydrogen) atoms. The van der Waals surface area contributed by atoms with Crippen LogP contribution >= 0.6 is 0 Å². The van der Waals surface area contributed by atoms with Crippen molar-refractivity contribution >= 4 is 22.6 Å². The summed E-state index contributed by atoms with van der Waals surface area (Å²) in [4.78, 5) is 29.7. The molecule has 1 amide bonds. The van der Waals surface area contributed by atoms with Crippen LogP contribution in [0.2, 0.25) is 0 Å². The standard InChI is InChI=1S/C23H26N6O2/c1-4-12-27-19-7-5-6-8-20(19)28(23(27)31)13-11-22(30)25-18-9-10-21(24-15-18)29-17(3)14-16(2)26-29/h5-10,14-15H,4,11-13H2,1-3H3,(H,25,30). The molecule has 1 aromatic carbocycles. The maximum atomic E-state index is 12.8. The zero-order valence-electron chi connectivity index (χ0n) is 18.0. The number of aryl methyl sites for hydroxylation is 4. The first-order valence-electron chi connectivity index (χ1n) is 10.5. The smallest absolute Gasteiger partial charge is 0.325 e. The fraction of sp³-hybridized carbons (Fsp3) is 0.304. The molecule has 0 aliphatic rings. The summed E-state index contributed by atoms with van der Waals surface area (Å²) >= 11 is 0. The molecule has 0 atom stereocenters. The molecule has 0 radical (unpaired) electrons. The SMILES string of the molecule is CCCn1c(=O)n(CCC(=O)Nc2ccc(-n3nc(C)cc3C)nc2)c2ccccc21. The summed E-state index contributed by atoms with van der Waals surface area (Å²) in [6.45, 7) is 6.92. The Bertz CT molecular complexity index is 1280. The third-order valence-corrected chi connectivity index (χ3v) is 5.19. The van der Waals surface area contributed by atoms with Crippen molar-refractivity contribution in [2.75, 3.05) is 5.32 Å². The number of hydrogen-bond donors (Lipinski definition) is 1. The van der Waals surface area contributed by atoms with Crippen molar-refractivity contribution in [1.29, 1.82) is 0 Å². The van der Waals surface area contributed by atoms with E-state index < -0.39 is 0 Å². The molecule has 160 valence electrons. The van der Waals surface area contributed by atoms with E-state index in [2.05, 4.69) is 15.4 Å². The summed E-state index contributed by atoms with van der Waals surface area (Å²) in [6, 6.07) is 13.3. The molecule has 0 bridgehead atoms. The van der Waals surface area contributed by atoms with Crippen molar-refractivity contribution in [2.45, 2.75) is 46.7 Å². The lowest BCUT2D eigenvalue weighted by Gasteiger charge is -2.08. The van der Waals surface area contributed by atoms with E-state index in [1.807, 2.05) is 57.2 Å². The predicted octanol–water partition coefficient (Wildman–Crippen LogP) is 3.44. The highest BCUT2D eigenvalue weighted by Crippen LogP contribution is 2.15. The second-order valence-corrected chi connectivity index (χ2v) is 7.62. The quantitative estimate of drug-likeness (QED) is 0.498. The van der Waals surface area contributed by atoms with Crippen molar-refractivity contribution in [3.05, 3.63) is 70.5 Å². The molecular weight excluding hydrogens is 392 g/mol. The van der Waals surface area contributed by atoms with E-state index in [-0.39, 0.29) is 18.0 Å². The van der Waals surface area contributed by atoms with Crippen LogP contribution in [0.4, 0.5) is 5.69 Å². The first-order valence-corrected chi connectivity index (χ1v) is 10.5. The highest BCUT2D eigenvalue weighted by Gasteiger charge is 2.13. The molecule has 0 aliphatic carbocycles. The molecule has 3 heterocycles. The van der Waals surface area contributed by atoms with Crippen LogP contribution in [0.15, 0.2) is 53.5 Å². The maximum absolute atomic E-state index is 12.8. The summed E-state index contributed by atoms with van der Waals surface area (Å²) in [7, 11) is 0. The number of amides is 1. The van der Waals surface area contributed by atoms with Gasteiger partial charge in [-0.05, 0) is 50.6 Å². The number of aromatic nitrogens is 5. The van der Waals surface area contributed by atoms with Gasteiger partial charge >= 0.3 is 5.69 Å². The van der Waals surface area contributed by atoms with Gasteiger partial charge < -0.3 is 5.32 Å². The third-order valence-electron chi connectivity index (χ3n) is 5.19. The van der Waals surface area contributed by atoms with Gasteiger partial charge in [-0.15, -0.1) is 0 Å². The van der Waals surface area contributed by atoms with E-state index >= 15 is 0 Å². The zero-order valence-corrected chi connectivity index (χ0v) is 18.0. The van der Waals surface area contributed by atoms with Gasteiger partial charge in [0.25, 0.3) is 0 Å². The fourth-order valence-electron chi connectivity index (χ4n) is 3.81. The Labute approximate surface area is 180 Å². The molecule has 0 spiro atoms. The molecule has 0 saturated heterocycles. The van der Waals surface area contributed by atoms with Crippen molar-refractivity contribution < 1.29 is 4.79 Å². The summed E-state index contributed by atoms with van der Waals surface area (Å²) in [6.07, 6.45) is 2.68. The number of hydrogen-bond acceptors (Lipinski definition) is 4. The number of rotatable bonds is 7. The minimum atomic E-state index is -0.167. The predicted molar refractivity (Wildman–Crippen MR) is 121 cm³/mol. The molecule has 0 saturated carbocycles. The monoisotopic (exact) mass is 418 g/mol. The number of pyridine rings is 1. The Balaban J connectivity index is 1.45. The van der Waals surface area contributed by atoms with Crippen LogP contribution in [-0.2, 0) is 17.9 Å². The van der Waals surface area contributed by atoms with Crippen LogP contribution in [0.1, 0.15) is 31.2 Å². The highest BCUT2D eigenvalue weighted by molar-refractivity contribution is 5.90. The summed E-state index contributed by atoms with van der Waals surface area (Å²) < 4.78 is 5.21. The second kappa shape index (κ2) is 8.59. The summed E-state index contributed by atoms with van der Waals surface area (Å²) in [5.41, 5.74) is 4.20. The molecule has 8 nitrogen and oxygen atoms in total. The van der Waals surface area contributed by atoms with Gasteiger partial charge in [-0.3, -0.25) is 13.9 Å². The van der Waals surface area contributed by atoms with Gasteiger partial charge in [-0.2, -0.15) is 5.10 Å². The number of benzene rings is 1. The van der Waals surface area contributed by atoms with Gasteiger partial charge in [-0.25, -0.2) is 14.5 Å². The van der Waals surface area contributed by atoms with E-state index in [4.69, 9.17) is 0 Å². The Morgan fingerprint density at radius 2 is 1.74 bits per heavy atom. The van der Waals surface area contributed by atoms with Crippen LogP contribution in [0.3, 0.4) is 0 Å². The number of anilines is 1. The minimum absolute atomic E-state index is 0.0771. The Morgan fingerprint density at radius 3 is 2.32 bits per heavy atom. The van der Waals surface area contributed by atoms with E-state index in [0.717, 1.165) is 28.8 Å². The molecule has 0 aliphatic heterocycles. The normalized spacial score (nSPS) is 11.2. The molecule has 0 fully saturated rings. The van der Waals surface area contributed by atoms with Crippen molar-refractivity contribution in [3.8, 4) is 5.82 Å². The fourth-order valence-corrected chi connectivity index (χ4v) is 3.81. The topological polar surface area (TPSA) is 86.7 Å². The average Bonchev–Trinajstić information content (AvgIpc) is 3.23. The van der Waals surface area contributed by atoms with Gasteiger partial charge in [0.15, 0.2) is 5.82 Å². The highest BCUT2D eigenvalue weighted by atomic mass is 16.2. The Morgan fingerprint density at radius 1 is 1.03 bits per heavy atom. The van der Waals surface area contributed by atoms with Crippen molar-refractivity contribution in [1.82, 2.24) is 23.9 Å². The first kappa shape index (κ1) is 20.6. The van der Waals surface area contributed by atoms with Gasteiger partial charge in [0.2, 0.25) is 5.91 Å². The molecule has 4 aromatic rings. The molecule has 8 heteroatoms. The zero-order chi connectivity index (χ0) is 22.0. The molecule has 1 N–H and O–H groups in total. The number of imidazole rings is 1. The van der Waals surface area contributed by atoms with E-state index in [1.54, 1.807) is 26.1 Å². The number of carbonyl (C=O) groups is 1. The largest absolute Gasteiger partial charge is 0.329 e. The number of nitrogens with zero attached hydrogens (tertiary/aromatic N) is 5. The molecular formula is C23H26N6O2. The number of fused-ring (bicyclic) bond motifs is 1. The van der Waals surface area contributed by atoms with Crippen LogP contribution in [-0.4, -0.2) is 29.8 Å². The van der Waals surface area contributed by atoms with E-state index in [9.17, 15) is 9.59 Å². The van der Waals surface area contributed by atoms with E-state index in [1.165, 1.54) is 0 Å². The average molecular weight is 419 g/mol. The molecule has 0 unspecified atom stereocenters. The third kappa shape index (κ3) is 4.14. The van der Waals surface area contributed by atoms with Gasteiger partial charge in [0.1, 0.15) is 0 Å². The number of para-hydroxylation sites is 2. The first-order chi connectivity index (χ1) is 15.0. The lowest BCUT2D eigenvalue weighted by molar-refractivity contribution is -0.116. The van der Waals surface area contributed by atoms with Crippen LogP contribution in [0.25, 0.3) is 16.9 Å². The molecule has 4 rings (SSSR count). The van der Waals surface area contributed by atoms with Gasteiger partial charge in [-0.1, -0.05) is 19.1 Å². The minimum Gasteiger partial charge on any atom is -0.325 e. The maximum Gasteiger partial charge on any atom is 0.329 e. The van der Waals surface area contributed by atoms with Crippen LogP contribution in [0, 0.1) is 13.8 Å².